The smallest absolute Gasteiger partial charge is 0.229 e. The number of nitrogens with zero attached hydrogens (tertiary/aromatic N) is 1. The van der Waals surface area contributed by atoms with Gasteiger partial charge in [-0.25, -0.2) is 4.98 Å². The van der Waals surface area contributed by atoms with Crippen LogP contribution < -0.4 is 10.4 Å². The third-order valence-corrected chi connectivity index (χ3v) is 5.41. The topological polar surface area (TPSA) is 82.1 Å². The van der Waals surface area contributed by atoms with Gasteiger partial charge in [0.25, 0.3) is 0 Å². The van der Waals surface area contributed by atoms with Gasteiger partial charge in [0.1, 0.15) is 0 Å². The molecule has 7 heteroatoms. The van der Waals surface area contributed by atoms with E-state index in [1.54, 1.807) is 0 Å². The lowest BCUT2D eigenvalue weighted by Crippen LogP contribution is -2.42. The molecule has 1 aliphatic rings. The number of halogens is 1. The molecule has 0 unspecified atom stereocenters. The number of nitrogens with one attached hydrogen (secondary N) is 1. The van der Waals surface area contributed by atoms with Gasteiger partial charge in [-0.1, -0.05) is 40.1 Å². The van der Waals surface area contributed by atoms with Crippen molar-refractivity contribution in [3.8, 4) is 0 Å². The van der Waals surface area contributed by atoms with Crippen LogP contribution in [0.25, 0.3) is 10.2 Å². The van der Waals surface area contributed by atoms with Gasteiger partial charge in [0.15, 0.2) is 5.13 Å². The number of fused-ring (bicyclic) bond motifs is 1. The van der Waals surface area contributed by atoms with Crippen LogP contribution in [0.4, 0.5) is 5.13 Å². The average Bonchev–Trinajstić information content (AvgIpc) is 2.88. The van der Waals surface area contributed by atoms with Gasteiger partial charge in [0, 0.05) is 22.3 Å². The van der Waals surface area contributed by atoms with E-state index in [9.17, 15) is 14.7 Å². The Kier molecular flexibility index (Phi) is 4.44. The summed E-state index contributed by atoms with van der Waals surface area (Å²) < 4.78 is 1.91. The van der Waals surface area contributed by atoms with Gasteiger partial charge in [-0.3, -0.25) is 4.79 Å². The summed E-state index contributed by atoms with van der Waals surface area (Å²) >= 11 is 4.78. The van der Waals surface area contributed by atoms with Crippen LogP contribution in [0.2, 0.25) is 0 Å². The van der Waals surface area contributed by atoms with Crippen molar-refractivity contribution >= 4 is 54.5 Å². The lowest BCUT2D eigenvalue weighted by molar-refractivity contribution is -0.313. The first-order valence-electron chi connectivity index (χ1n) is 7.12. The highest BCUT2D eigenvalue weighted by Gasteiger charge is 2.32. The van der Waals surface area contributed by atoms with Gasteiger partial charge in [0.05, 0.1) is 10.2 Å². The number of hydrogen-bond donors (Lipinski definition) is 1. The van der Waals surface area contributed by atoms with Gasteiger partial charge in [-0.15, -0.1) is 0 Å². The highest BCUT2D eigenvalue weighted by molar-refractivity contribution is 9.10. The molecule has 1 aromatic heterocycles. The van der Waals surface area contributed by atoms with Crippen molar-refractivity contribution < 1.29 is 14.7 Å². The van der Waals surface area contributed by atoms with Crippen LogP contribution in [0.1, 0.15) is 25.7 Å². The Morgan fingerprint density at radius 3 is 2.73 bits per heavy atom. The molecule has 1 saturated carbocycles. The van der Waals surface area contributed by atoms with E-state index in [0.29, 0.717) is 18.0 Å². The Morgan fingerprint density at radius 2 is 2.00 bits per heavy atom. The first-order valence-corrected chi connectivity index (χ1v) is 8.73. The maximum atomic E-state index is 12.4. The van der Waals surface area contributed by atoms with E-state index in [2.05, 4.69) is 26.2 Å². The number of aliphatic carboxylic acids is 1. The summed E-state index contributed by atoms with van der Waals surface area (Å²) in [6.45, 7) is 0. The van der Waals surface area contributed by atoms with E-state index in [1.807, 2.05) is 18.2 Å². The molecule has 2 atom stereocenters. The van der Waals surface area contributed by atoms with Gasteiger partial charge in [-0.2, -0.15) is 0 Å². The van der Waals surface area contributed by atoms with Crippen LogP contribution in [0.3, 0.4) is 0 Å². The van der Waals surface area contributed by atoms with Gasteiger partial charge < -0.3 is 15.2 Å². The standard InChI is InChI=1S/C15H15BrN2O3S/c16-8-5-6-11-12(7-8)22-15(17-11)18-13(19)9-3-1-2-4-10(9)14(20)21/h5-7,9-10H,1-4H2,(H,20,21)(H,17,18,19)/p-1/t9-,10-/m1/s1. The molecule has 0 saturated heterocycles. The van der Waals surface area contributed by atoms with Gasteiger partial charge in [-0.05, 0) is 31.0 Å². The molecule has 1 aromatic carbocycles. The van der Waals surface area contributed by atoms with E-state index in [4.69, 9.17) is 0 Å². The molecule has 1 aliphatic carbocycles. The van der Waals surface area contributed by atoms with Crippen LogP contribution >= 0.6 is 27.3 Å². The second kappa shape index (κ2) is 6.34. The molecule has 0 bridgehead atoms. The van der Waals surface area contributed by atoms with Crippen LogP contribution in [-0.2, 0) is 9.59 Å². The van der Waals surface area contributed by atoms with Crippen LogP contribution in [0, 0.1) is 11.8 Å². The Labute approximate surface area is 139 Å². The monoisotopic (exact) mass is 381 g/mol. The Balaban J connectivity index is 1.78. The van der Waals surface area contributed by atoms with E-state index >= 15 is 0 Å². The molecule has 1 amide bonds. The maximum Gasteiger partial charge on any atom is 0.229 e. The largest absolute Gasteiger partial charge is 0.550 e. The van der Waals surface area contributed by atoms with Crippen molar-refractivity contribution in [2.45, 2.75) is 25.7 Å². The summed E-state index contributed by atoms with van der Waals surface area (Å²) in [4.78, 5) is 27.9. The van der Waals surface area contributed by atoms with Gasteiger partial charge in [0.2, 0.25) is 5.91 Å². The molecule has 0 radical (unpaired) electrons. The number of benzene rings is 1. The quantitative estimate of drug-likeness (QED) is 0.885. The lowest BCUT2D eigenvalue weighted by atomic mass is 9.79. The number of amides is 1. The van der Waals surface area contributed by atoms with E-state index in [0.717, 1.165) is 27.5 Å². The Bertz CT molecular complexity index is 731. The minimum absolute atomic E-state index is 0.271. The van der Waals surface area contributed by atoms with E-state index in [-0.39, 0.29) is 5.91 Å². The van der Waals surface area contributed by atoms with Crippen molar-refractivity contribution in [2.75, 3.05) is 5.32 Å². The zero-order valence-corrected chi connectivity index (χ0v) is 14.1. The molecule has 22 heavy (non-hydrogen) atoms. The summed E-state index contributed by atoms with van der Waals surface area (Å²) in [6, 6.07) is 5.70. The first kappa shape index (κ1) is 15.4. The highest BCUT2D eigenvalue weighted by atomic mass is 79.9. The van der Waals surface area contributed by atoms with Crippen molar-refractivity contribution in [3.63, 3.8) is 0 Å². The average molecular weight is 382 g/mol. The second-order valence-electron chi connectivity index (χ2n) is 5.44. The van der Waals surface area contributed by atoms with Crippen LogP contribution in [0.15, 0.2) is 22.7 Å². The number of rotatable bonds is 3. The molecule has 0 aliphatic heterocycles. The van der Waals surface area contributed by atoms with Crippen LogP contribution in [0.5, 0.6) is 0 Å². The molecule has 5 nitrogen and oxygen atoms in total. The second-order valence-corrected chi connectivity index (χ2v) is 7.38. The highest BCUT2D eigenvalue weighted by Crippen LogP contribution is 2.32. The predicted octanol–water partition coefficient (Wildman–Crippen LogP) is 2.55. The number of carbonyl (C=O) groups is 2. The molecule has 1 heterocycles. The maximum absolute atomic E-state index is 12.4. The summed E-state index contributed by atoms with van der Waals surface area (Å²) in [6.07, 6.45) is 2.79. The third kappa shape index (κ3) is 3.15. The summed E-state index contributed by atoms with van der Waals surface area (Å²) in [5, 5.41) is 14.5. The number of aromatic nitrogens is 1. The number of carbonyl (C=O) groups excluding carboxylic acids is 2. The first-order chi connectivity index (χ1) is 10.5. The zero-order valence-electron chi connectivity index (χ0n) is 11.7. The number of carboxylic acids is 1. The van der Waals surface area contributed by atoms with Crippen molar-refractivity contribution in [3.05, 3.63) is 22.7 Å². The number of carboxylic acid groups (broad SMARTS) is 1. The molecule has 1 N–H and O–H groups in total. The third-order valence-electron chi connectivity index (χ3n) is 3.99. The number of hydrogen-bond acceptors (Lipinski definition) is 5. The Hall–Kier alpha value is -1.47. The summed E-state index contributed by atoms with van der Waals surface area (Å²) in [5.41, 5.74) is 0.809. The summed E-state index contributed by atoms with van der Waals surface area (Å²) in [7, 11) is 0. The fourth-order valence-electron chi connectivity index (χ4n) is 2.88. The molecule has 2 aromatic rings. The molecule has 1 fully saturated rings. The molecule has 3 rings (SSSR count). The van der Waals surface area contributed by atoms with Gasteiger partial charge >= 0.3 is 0 Å². The normalized spacial score (nSPS) is 21.7. The summed E-state index contributed by atoms with van der Waals surface area (Å²) in [5.74, 6) is -2.63. The number of anilines is 1. The molecule has 116 valence electrons. The SMILES string of the molecule is O=C([O-])[C@@H]1CCCC[C@H]1C(=O)Nc1nc2ccc(Br)cc2s1. The zero-order chi connectivity index (χ0) is 15.7. The van der Waals surface area contributed by atoms with E-state index in [1.165, 1.54) is 11.3 Å². The molecular weight excluding hydrogens is 368 g/mol. The fourth-order valence-corrected chi connectivity index (χ4v) is 4.30. The molecular formula is C15H14BrN2O3S-. The van der Waals surface area contributed by atoms with Crippen molar-refractivity contribution in [1.82, 2.24) is 4.98 Å². The Morgan fingerprint density at radius 1 is 1.27 bits per heavy atom. The minimum atomic E-state index is -1.13. The van der Waals surface area contributed by atoms with E-state index < -0.39 is 17.8 Å². The number of thiazole rings is 1. The molecule has 0 spiro atoms. The minimum Gasteiger partial charge on any atom is -0.550 e. The van der Waals surface area contributed by atoms with Crippen molar-refractivity contribution in [2.24, 2.45) is 11.8 Å². The predicted molar refractivity (Wildman–Crippen MR) is 86.4 cm³/mol. The lowest BCUT2D eigenvalue weighted by Gasteiger charge is -2.30. The van der Waals surface area contributed by atoms with Crippen LogP contribution in [-0.4, -0.2) is 16.9 Å². The van der Waals surface area contributed by atoms with Crippen molar-refractivity contribution in [1.29, 1.82) is 0 Å². The fraction of sp³-hybridized carbons (Fsp3) is 0.400.